The molecule has 0 spiro atoms. The Kier molecular flexibility index (Phi) is 12.4. The van der Waals surface area contributed by atoms with Crippen LogP contribution in [0.1, 0.15) is 105 Å². The first-order valence-electron chi connectivity index (χ1n) is 10.3. The number of hydrogen-bond acceptors (Lipinski definition) is 2. The van der Waals surface area contributed by atoms with E-state index in [0.717, 1.165) is 38.9 Å². The summed E-state index contributed by atoms with van der Waals surface area (Å²) in [5.41, 5.74) is 0.0181. The lowest BCUT2D eigenvalue weighted by molar-refractivity contribution is -0.150. The minimum absolute atomic E-state index is 0.524. The van der Waals surface area contributed by atoms with Crippen molar-refractivity contribution in [1.29, 1.82) is 0 Å². The van der Waals surface area contributed by atoms with E-state index in [2.05, 4.69) is 20.8 Å². The van der Waals surface area contributed by atoms with Crippen molar-refractivity contribution in [1.82, 2.24) is 0 Å². The third-order valence-corrected chi connectivity index (χ3v) is 6.50. The fraction of sp³-hybridized carbons (Fsp3) is 0.952. The highest BCUT2D eigenvalue weighted by Gasteiger charge is 2.33. The Morgan fingerprint density at radius 1 is 0.750 bits per heavy atom. The van der Waals surface area contributed by atoms with Crippen LogP contribution in [0.15, 0.2) is 0 Å². The molecule has 0 aromatic carbocycles. The topological polar surface area (TPSA) is 46.5 Å². The van der Waals surface area contributed by atoms with Crippen molar-refractivity contribution < 1.29 is 14.6 Å². The lowest BCUT2D eigenvalue weighted by Crippen LogP contribution is -2.29. The fourth-order valence-electron chi connectivity index (χ4n) is 3.77. The van der Waals surface area contributed by atoms with Crippen molar-refractivity contribution >= 4 is 5.97 Å². The molecule has 0 amide bonds. The van der Waals surface area contributed by atoms with Crippen LogP contribution in [0.4, 0.5) is 0 Å². The van der Waals surface area contributed by atoms with E-state index in [1.807, 2.05) is 13.8 Å². The summed E-state index contributed by atoms with van der Waals surface area (Å²) in [6.45, 7) is 12.5. The molecule has 0 saturated carbocycles. The van der Waals surface area contributed by atoms with Crippen LogP contribution in [0.3, 0.4) is 0 Å². The Balaban J connectivity index is 3.76. The number of hydrogen-bond donors (Lipinski definition) is 1. The monoisotopic (exact) mass is 342 g/mol. The Morgan fingerprint density at radius 2 is 1.21 bits per heavy atom. The van der Waals surface area contributed by atoms with Crippen LogP contribution in [0.5, 0.6) is 0 Å². The molecule has 0 heterocycles. The van der Waals surface area contributed by atoms with Gasteiger partial charge in [-0.2, -0.15) is 0 Å². The Labute approximate surface area is 150 Å². The SMILES string of the molecule is CCC(CC)(CC)CCCCOCCCCC(CC)(CC)C(=O)O. The van der Waals surface area contributed by atoms with Gasteiger partial charge in [-0.25, -0.2) is 0 Å². The van der Waals surface area contributed by atoms with Crippen molar-refractivity contribution in [3.63, 3.8) is 0 Å². The third-order valence-electron chi connectivity index (χ3n) is 6.50. The van der Waals surface area contributed by atoms with Gasteiger partial charge in [0.25, 0.3) is 0 Å². The second kappa shape index (κ2) is 12.7. The molecule has 3 heteroatoms. The number of carboxylic acid groups (broad SMARTS) is 1. The zero-order valence-corrected chi connectivity index (χ0v) is 17.0. The molecule has 0 aromatic rings. The first kappa shape index (κ1) is 23.4. The van der Waals surface area contributed by atoms with Gasteiger partial charge in [0.05, 0.1) is 5.41 Å². The molecular weight excluding hydrogens is 300 g/mol. The van der Waals surface area contributed by atoms with Crippen molar-refractivity contribution in [3.8, 4) is 0 Å². The van der Waals surface area contributed by atoms with E-state index >= 15 is 0 Å². The molecule has 1 N–H and O–H groups in total. The molecule has 0 unspecified atom stereocenters. The van der Waals surface area contributed by atoms with Gasteiger partial charge in [0.1, 0.15) is 0 Å². The second-order valence-electron chi connectivity index (χ2n) is 7.38. The standard InChI is InChI=1S/C21H42O3/c1-6-20(7-2,8-3)15-11-13-17-24-18-14-12-16-21(9-4,10-5)19(22)23/h6-18H2,1-5H3,(H,22,23). The predicted molar refractivity (Wildman–Crippen MR) is 102 cm³/mol. The van der Waals surface area contributed by atoms with E-state index in [1.165, 1.54) is 32.1 Å². The molecule has 0 aliphatic carbocycles. The predicted octanol–water partition coefficient (Wildman–Crippen LogP) is 6.45. The van der Waals surface area contributed by atoms with Gasteiger partial charge in [0, 0.05) is 13.2 Å². The highest BCUT2D eigenvalue weighted by Crippen LogP contribution is 2.36. The van der Waals surface area contributed by atoms with E-state index < -0.39 is 11.4 Å². The molecule has 24 heavy (non-hydrogen) atoms. The van der Waals surface area contributed by atoms with E-state index in [1.54, 1.807) is 0 Å². The van der Waals surface area contributed by atoms with Gasteiger partial charge in [-0.3, -0.25) is 4.79 Å². The summed E-state index contributed by atoms with van der Waals surface area (Å²) >= 11 is 0. The largest absolute Gasteiger partial charge is 0.481 e. The normalized spacial score (nSPS) is 12.5. The average molecular weight is 343 g/mol. The summed E-state index contributed by atoms with van der Waals surface area (Å²) in [6, 6.07) is 0. The van der Waals surface area contributed by atoms with Gasteiger partial charge in [-0.1, -0.05) is 66.7 Å². The highest BCUT2D eigenvalue weighted by molar-refractivity contribution is 5.74. The molecule has 0 saturated heterocycles. The Morgan fingerprint density at radius 3 is 1.58 bits per heavy atom. The number of ether oxygens (including phenoxy) is 1. The number of unbranched alkanes of at least 4 members (excludes halogenated alkanes) is 2. The summed E-state index contributed by atoms with van der Waals surface area (Å²) in [7, 11) is 0. The maximum Gasteiger partial charge on any atom is 0.309 e. The lowest BCUT2D eigenvalue weighted by Gasteiger charge is -2.30. The van der Waals surface area contributed by atoms with Crippen LogP contribution in [0.2, 0.25) is 0 Å². The minimum Gasteiger partial charge on any atom is -0.481 e. The number of carboxylic acids is 1. The smallest absolute Gasteiger partial charge is 0.309 e. The summed E-state index contributed by atoms with van der Waals surface area (Å²) < 4.78 is 5.74. The van der Waals surface area contributed by atoms with Gasteiger partial charge < -0.3 is 9.84 Å². The lowest BCUT2D eigenvalue weighted by atomic mass is 9.76. The molecule has 3 nitrogen and oxygen atoms in total. The van der Waals surface area contributed by atoms with E-state index in [-0.39, 0.29) is 0 Å². The number of aliphatic carboxylic acids is 1. The van der Waals surface area contributed by atoms with Gasteiger partial charge in [-0.05, 0) is 43.9 Å². The summed E-state index contributed by atoms with van der Waals surface area (Å²) in [4.78, 5) is 11.4. The maximum absolute atomic E-state index is 11.4. The highest BCUT2D eigenvalue weighted by atomic mass is 16.5. The summed E-state index contributed by atoms with van der Waals surface area (Å²) in [5.74, 6) is -0.639. The van der Waals surface area contributed by atoms with E-state index in [9.17, 15) is 9.90 Å². The second-order valence-corrected chi connectivity index (χ2v) is 7.38. The van der Waals surface area contributed by atoms with Gasteiger partial charge in [0.15, 0.2) is 0 Å². The number of rotatable bonds is 16. The van der Waals surface area contributed by atoms with Crippen LogP contribution in [-0.2, 0) is 9.53 Å². The van der Waals surface area contributed by atoms with Gasteiger partial charge >= 0.3 is 5.97 Å². The molecule has 0 fully saturated rings. The maximum atomic E-state index is 11.4. The summed E-state index contributed by atoms with van der Waals surface area (Å²) in [5, 5.41) is 9.42. The van der Waals surface area contributed by atoms with Crippen molar-refractivity contribution in [3.05, 3.63) is 0 Å². The van der Waals surface area contributed by atoms with Crippen LogP contribution in [0, 0.1) is 10.8 Å². The first-order chi connectivity index (χ1) is 11.5. The molecule has 0 aliphatic rings. The molecule has 0 aliphatic heterocycles. The van der Waals surface area contributed by atoms with Crippen molar-refractivity contribution in [2.24, 2.45) is 10.8 Å². The van der Waals surface area contributed by atoms with Crippen LogP contribution >= 0.6 is 0 Å². The van der Waals surface area contributed by atoms with Crippen LogP contribution in [-0.4, -0.2) is 24.3 Å². The van der Waals surface area contributed by atoms with Gasteiger partial charge in [0.2, 0.25) is 0 Å². The zero-order valence-electron chi connectivity index (χ0n) is 17.0. The Hall–Kier alpha value is -0.570. The van der Waals surface area contributed by atoms with Crippen LogP contribution < -0.4 is 0 Å². The minimum atomic E-state index is -0.639. The fourth-order valence-corrected chi connectivity index (χ4v) is 3.77. The number of carbonyl (C=O) groups is 1. The third kappa shape index (κ3) is 7.55. The van der Waals surface area contributed by atoms with Gasteiger partial charge in [-0.15, -0.1) is 0 Å². The average Bonchev–Trinajstić information content (AvgIpc) is 2.61. The van der Waals surface area contributed by atoms with E-state index in [0.29, 0.717) is 18.3 Å². The quantitative estimate of drug-likeness (QED) is 0.328. The first-order valence-corrected chi connectivity index (χ1v) is 10.3. The Bertz CT molecular complexity index is 309. The molecule has 0 aromatic heterocycles. The summed E-state index contributed by atoms with van der Waals surface area (Å²) in [6.07, 6.45) is 11.7. The molecule has 0 radical (unpaired) electrons. The van der Waals surface area contributed by atoms with Crippen molar-refractivity contribution in [2.75, 3.05) is 13.2 Å². The molecular formula is C21H42O3. The molecule has 0 atom stereocenters. The van der Waals surface area contributed by atoms with Crippen LogP contribution in [0.25, 0.3) is 0 Å². The van der Waals surface area contributed by atoms with E-state index in [4.69, 9.17) is 4.74 Å². The molecule has 144 valence electrons. The zero-order chi connectivity index (χ0) is 18.5. The van der Waals surface area contributed by atoms with Crippen molar-refractivity contribution in [2.45, 2.75) is 105 Å². The molecule has 0 bridgehead atoms. The molecule has 0 rings (SSSR count).